The number of hydrogen-bond donors (Lipinski definition) is 3. The van der Waals surface area contributed by atoms with Crippen molar-refractivity contribution in [3.63, 3.8) is 0 Å². The number of aryl methyl sites for hydroxylation is 1. The highest BCUT2D eigenvalue weighted by atomic mass is 16.7. The topological polar surface area (TPSA) is 190 Å². The molecule has 286 valence electrons. The number of carboxylic acid groups (broad SMARTS) is 1. The molecule has 1 saturated heterocycles. The van der Waals surface area contributed by atoms with Crippen LogP contribution in [0.25, 0.3) is 0 Å². The van der Waals surface area contributed by atoms with E-state index in [0.29, 0.717) is 46.1 Å². The van der Waals surface area contributed by atoms with Gasteiger partial charge in [-0.3, -0.25) is 14.6 Å². The summed E-state index contributed by atoms with van der Waals surface area (Å²) in [6.07, 6.45) is -1.49. The van der Waals surface area contributed by atoms with E-state index in [0.717, 1.165) is 16.7 Å². The van der Waals surface area contributed by atoms with Crippen LogP contribution in [0.3, 0.4) is 0 Å². The number of hydrogen-bond acceptors (Lipinski definition) is 13. The molecular weight excluding hydrogens is 690 g/mol. The van der Waals surface area contributed by atoms with Crippen molar-refractivity contribution in [2.75, 3.05) is 41.4 Å². The predicted molar refractivity (Wildman–Crippen MR) is 188 cm³/mol. The summed E-state index contributed by atoms with van der Waals surface area (Å²) in [5.74, 6) is 1.43. The molecule has 4 aliphatic heterocycles. The molecule has 53 heavy (non-hydrogen) atoms. The molecule has 0 radical (unpaired) electrons. The molecule has 6 rings (SSSR count). The average molecular weight is 738 g/mol. The Kier molecular flexibility index (Phi) is 10.3. The summed E-state index contributed by atoms with van der Waals surface area (Å²) in [7, 11) is 5.09. The van der Waals surface area contributed by atoms with E-state index in [4.69, 9.17) is 33.2 Å². The predicted octanol–water partition coefficient (Wildman–Crippen LogP) is 3.88. The number of carbonyl (C=O) groups is 3. The molecule has 0 saturated carbocycles. The number of nitrogens with one attached hydrogen (secondary N) is 2. The van der Waals surface area contributed by atoms with Crippen LogP contribution in [0.2, 0.25) is 0 Å². The number of ether oxygens (including phenoxy) is 7. The zero-order valence-corrected chi connectivity index (χ0v) is 31.4. The van der Waals surface area contributed by atoms with E-state index in [-0.39, 0.29) is 38.3 Å². The van der Waals surface area contributed by atoms with Gasteiger partial charge in [-0.25, -0.2) is 9.59 Å². The molecule has 1 fully saturated rings. The van der Waals surface area contributed by atoms with Crippen LogP contribution in [0.4, 0.5) is 9.59 Å². The first-order valence-corrected chi connectivity index (χ1v) is 17.5. The normalized spacial score (nSPS) is 23.4. The number of benzene rings is 2. The van der Waals surface area contributed by atoms with E-state index in [1.54, 1.807) is 41.7 Å². The molecule has 2 amide bonds. The Labute approximate surface area is 308 Å². The van der Waals surface area contributed by atoms with Gasteiger partial charge in [-0.05, 0) is 72.6 Å². The molecule has 4 aliphatic rings. The van der Waals surface area contributed by atoms with Crippen molar-refractivity contribution < 1.29 is 52.6 Å². The summed E-state index contributed by atoms with van der Waals surface area (Å²) >= 11 is 0. The number of carbonyl (C=O) groups excluding carboxylic acids is 2. The Balaban J connectivity index is 1.51. The van der Waals surface area contributed by atoms with Crippen molar-refractivity contribution in [3.05, 3.63) is 39.4 Å². The summed E-state index contributed by atoms with van der Waals surface area (Å²) in [6.45, 7) is 10.2. The van der Waals surface area contributed by atoms with Gasteiger partial charge in [0, 0.05) is 48.0 Å². The quantitative estimate of drug-likeness (QED) is 0.191. The van der Waals surface area contributed by atoms with E-state index in [2.05, 4.69) is 32.6 Å². The summed E-state index contributed by atoms with van der Waals surface area (Å²) in [5, 5.41) is 26.4. The molecule has 0 aromatic heterocycles. The fourth-order valence-electron chi connectivity index (χ4n) is 8.39. The van der Waals surface area contributed by atoms with Crippen LogP contribution in [0.1, 0.15) is 73.2 Å². The summed E-state index contributed by atoms with van der Waals surface area (Å²) in [5.41, 5.74) is 3.55. The summed E-state index contributed by atoms with van der Waals surface area (Å²) in [6, 6.07) is 1.11. The first-order valence-electron chi connectivity index (χ1n) is 17.5. The van der Waals surface area contributed by atoms with Gasteiger partial charge in [0.1, 0.15) is 23.4 Å². The van der Waals surface area contributed by atoms with Crippen molar-refractivity contribution in [2.45, 2.75) is 96.2 Å². The lowest BCUT2D eigenvalue weighted by molar-refractivity contribution is -0.123. The number of methoxy groups -OCH3 is 2. The number of nitriles is 1. The minimum atomic E-state index is -1.50. The number of piperazine rings is 1. The molecule has 16 nitrogen and oxygen atoms in total. The Bertz CT molecular complexity index is 1850. The zero-order chi connectivity index (χ0) is 38.5. The van der Waals surface area contributed by atoms with E-state index in [1.807, 2.05) is 14.0 Å². The molecule has 2 aromatic rings. The lowest BCUT2D eigenvalue weighted by atomic mass is 9.71. The number of alkyl carbamates (subject to hydrolysis) is 1. The summed E-state index contributed by atoms with van der Waals surface area (Å²) < 4.78 is 40.2. The second-order valence-corrected chi connectivity index (χ2v) is 14.8. The average Bonchev–Trinajstić information content (AvgIpc) is 3.57. The molecule has 4 heterocycles. The number of nitrogens with zero attached hydrogens (tertiary/aromatic N) is 3. The maximum atomic E-state index is 13.6. The number of fused-ring (bicyclic) bond motifs is 9. The highest BCUT2D eigenvalue weighted by Gasteiger charge is 2.57. The van der Waals surface area contributed by atoms with Crippen molar-refractivity contribution >= 4 is 18.2 Å². The maximum Gasteiger partial charge on any atom is 0.511 e. The maximum absolute atomic E-state index is 13.6. The smallest absolute Gasteiger partial charge is 0.493 e. The standard InChI is InChI=1S/C37H47N5O11/c1-17-10-20-11-22-24(13-38)42-23(28(41(22)7)26(20)32(29(17)48-9)49-15-47-8)12-21-27(33-31(50-16-51-33)18(2)30(21)52-36(45)46)25(42)14-39-34(43)19(3)40-35(44)53-37(4,5)6/h10,19,22-25,28H,11-12,14-16H2,1-9H3,(H,39,43)(H,40,44)(H,45,46)/t19-,22-,23?,24-,25-,28-/m0/s1. The van der Waals surface area contributed by atoms with Gasteiger partial charge in [0.05, 0.1) is 25.3 Å². The zero-order valence-electron chi connectivity index (χ0n) is 31.4. The van der Waals surface area contributed by atoms with Gasteiger partial charge in [0.2, 0.25) is 12.7 Å². The fourth-order valence-corrected chi connectivity index (χ4v) is 8.39. The molecule has 2 bridgehead atoms. The van der Waals surface area contributed by atoms with Crippen molar-refractivity contribution in [3.8, 4) is 34.8 Å². The van der Waals surface area contributed by atoms with Crippen LogP contribution in [0.5, 0.6) is 28.7 Å². The van der Waals surface area contributed by atoms with Crippen LogP contribution in [-0.2, 0) is 27.1 Å². The molecular formula is C37H47N5O11. The monoisotopic (exact) mass is 737 g/mol. The Morgan fingerprint density at radius 1 is 1.08 bits per heavy atom. The van der Waals surface area contributed by atoms with E-state index in [9.17, 15) is 24.8 Å². The van der Waals surface area contributed by atoms with Crippen LogP contribution in [0.15, 0.2) is 6.07 Å². The third kappa shape index (κ3) is 6.73. The molecule has 6 atom stereocenters. The van der Waals surface area contributed by atoms with E-state index >= 15 is 0 Å². The van der Waals surface area contributed by atoms with Crippen LogP contribution < -0.4 is 34.3 Å². The lowest BCUT2D eigenvalue weighted by Crippen LogP contribution is -2.69. The van der Waals surface area contributed by atoms with Gasteiger partial charge in [0.25, 0.3) is 0 Å². The minimum absolute atomic E-state index is 0.0341. The van der Waals surface area contributed by atoms with Crippen molar-refractivity contribution in [1.29, 1.82) is 5.26 Å². The number of rotatable bonds is 9. The SMILES string of the molecule is COCOc1c(OC)c(C)cc2c1[C@@H]1C3Cc4c(OC(=O)O)c(C)c5c(c4[C@H](CNC(=O)[C@H](C)NC(=O)OC(C)(C)C)N3[C@@H](C#N)[C@H](C2)N1C)OCO5. The Hall–Kier alpha value is -4.98. The van der Waals surface area contributed by atoms with Gasteiger partial charge < -0.3 is 48.9 Å². The number of amides is 2. The van der Waals surface area contributed by atoms with E-state index < -0.39 is 54.0 Å². The van der Waals surface area contributed by atoms with E-state index in [1.165, 1.54) is 7.11 Å². The van der Waals surface area contributed by atoms with Crippen LogP contribution in [0, 0.1) is 25.2 Å². The summed E-state index contributed by atoms with van der Waals surface area (Å²) in [4.78, 5) is 42.6. The first kappa shape index (κ1) is 37.8. The number of likely N-dealkylation sites (N-methyl/N-ethyl adjacent to an activating group) is 1. The van der Waals surface area contributed by atoms with Crippen LogP contribution >= 0.6 is 0 Å². The highest BCUT2D eigenvalue weighted by Crippen LogP contribution is 2.58. The molecule has 2 aromatic carbocycles. The first-order chi connectivity index (χ1) is 25.1. The fraction of sp³-hybridized carbons (Fsp3) is 0.568. The Morgan fingerprint density at radius 2 is 1.79 bits per heavy atom. The van der Waals surface area contributed by atoms with Crippen molar-refractivity contribution in [1.82, 2.24) is 20.4 Å². The molecule has 0 spiro atoms. The highest BCUT2D eigenvalue weighted by molar-refractivity contribution is 5.85. The second kappa shape index (κ2) is 14.4. The van der Waals surface area contributed by atoms with Gasteiger partial charge >= 0.3 is 12.2 Å². The Morgan fingerprint density at radius 3 is 2.43 bits per heavy atom. The lowest BCUT2D eigenvalue weighted by Gasteiger charge is -2.60. The molecule has 1 unspecified atom stereocenters. The molecule has 16 heteroatoms. The second-order valence-electron chi connectivity index (χ2n) is 14.8. The molecule has 0 aliphatic carbocycles. The van der Waals surface area contributed by atoms with Gasteiger partial charge in [0.15, 0.2) is 29.8 Å². The van der Waals surface area contributed by atoms with Crippen molar-refractivity contribution in [2.24, 2.45) is 0 Å². The third-order valence-electron chi connectivity index (χ3n) is 10.4. The third-order valence-corrected chi connectivity index (χ3v) is 10.4. The largest absolute Gasteiger partial charge is 0.511 e. The molecule has 3 N–H and O–H groups in total. The van der Waals surface area contributed by atoms with Crippen LogP contribution in [-0.4, -0.2) is 104 Å². The van der Waals surface area contributed by atoms with Gasteiger partial charge in [-0.2, -0.15) is 5.26 Å². The van der Waals surface area contributed by atoms with Gasteiger partial charge in [-0.1, -0.05) is 6.07 Å². The van der Waals surface area contributed by atoms with Gasteiger partial charge in [-0.15, -0.1) is 0 Å². The minimum Gasteiger partial charge on any atom is -0.493 e.